The molecule has 2 heterocycles. The number of likely N-dealkylation sites (tertiary alicyclic amines) is 1. The summed E-state index contributed by atoms with van der Waals surface area (Å²) in [6.45, 7) is 2.38. The molecule has 3 N–H and O–H groups in total. The van der Waals surface area contributed by atoms with Crippen LogP contribution in [0.3, 0.4) is 0 Å². The first-order valence-corrected chi connectivity index (χ1v) is 6.65. The quantitative estimate of drug-likeness (QED) is 0.448. The van der Waals surface area contributed by atoms with Crippen molar-refractivity contribution < 1.29 is 14.0 Å². The van der Waals surface area contributed by atoms with Crippen LogP contribution < -0.4 is 11.3 Å². The number of rotatable bonds is 5. The third-order valence-corrected chi connectivity index (χ3v) is 3.40. The molecule has 0 atom stereocenters. The number of hydrazine groups is 1. The molecular formula is C13H20N4O3. The second-order valence-corrected chi connectivity index (χ2v) is 4.99. The number of hydrogen-bond acceptors (Lipinski definition) is 5. The zero-order valence-corrected chi connectivity index (χ0v) is 11.6. The lowest BCUT2D eigenvalue weighted by atomic mass is 10.2. The molecule has 7 heteroatoms. The van der Waals surface area contributed by atoms with Crippen molar-refractivity contribution in [3.05, 3.63) is 23.7 Å². The van der Waals surface area contributed by atoms with Gasteiger partial charge in [0.25, 0.3) is 5.91 Å². The van der Waals surface area contributed by atoms with Gasteiger partial charge in [0.15, 0.2) is 0 Å². The molecule has 0 aromatic carbocycles. The number of likely N-dealkylation sites (N-methyl/N-ethyl adjacent to an activating group) is 1. The normalized spacial score (nSPS) is 14.8. The van der Waals surface area contributed by atoms with Crippen molar-refractivity contribution in [2.45, 2.75) is 19.4 Å². The minimum Gasteiger partial charge on any atom is -0.467 e. The average molecular weight is 280 g/mol. The Kier molecular flexibility index (Phi) is 4.75. The van der Waals surface area contributed by atoms with Gasteiger partial charge in [0.2, 0.25) is 5.91 Å². The topological polar surface area (TPSA) is 91.8 Å². The summed E-state index contributed by atoms with van der Waals surface area (Å²) in [6.07, 6.45) is 3.60. The zero-order chi connectivity index (χ0) is 14.5. The van der Waals surface area contributed by atoms with E-state index in [1.165, 1.54) is 6.26 Å². The van der Waals surface area contributed by atoms with Crippen LogP contribution in [0, 0.1) is 0 Å². The second kappa shape index (κ2) is 6.53. The molecule has 0 saturated carbocycles. The number of amides is 2. The summed E-state index contributed by atoms with van der Waals surface area (Å²) >= 11 is 0. The van der Waals surface area contributed by atoms with Crippen molar-refractivity contribution in [1.29, 1.82) is 0 Å². The molecule has 0 unspecified atom stereocenters. The van der Waals surface area contributed by atoms with Gasteiger partial charge in [-0.05, 0) is 26.0 Å². The molecule has 1 saturated heterocycles. The Morgan fingerprint density at radius 1 is 1.45 bits per heavy atom. The largest absolute Gasteiger partial charge is 0.467 e. The fraction of sp³-hybridized carbons (Fsp3) is 0.538. The molecule has 20 heavy (non-hydrogen) atoms. The first-order chi connectivity index (χ1) is 9.61. The lowest BCUT2D eigenvalue weighted by Crippen LogP contribution is -2.37. The Bertz CT molecular complexity index is 480. The van der Waals surface area contributed by atoms with Crippen molar-refractivity contribution in [2.24, 2.45) is 5.84 Å². The lowest BCUT2D eigenvalue weighted by molar-refractivity contribution is -0.131. The third-order valence-electron chi connectivity index (χ3n) is 3.40. The van der Waals surface area contributed by atoms with Crippen molar-refractivity contribution in [3.8, 4) is 0 Å². The maximum atomic E-state index is 12.0. The average Bonchev–Trinajstić information content (AvgIpc) is 3.08. The molecule has 2 amide bonds. The first-order valence-electron chi connectivity index (χ1n) is 6.65. The van der Waals surface area contributed by atoms with Gasteiger partial charge in [0.05, 0.1) is 24.9 Å². The maximum absolute atomic E-state index is 12.0. The molecule has 0 spiro atoms. The van der Waals surface area contributed by atoms with Crippen LogP contribution in [0.4, 0.5) is 0 Å². The molecule has 1 fully saturated rings. The van der Waals surface area contributed by atoms with E-state index >= 15 is 0 Å². The van der Waals surface area contributed by atoms with Crippen molar-refractivity contribution >= 4 is 11.8 Å². The van der Waals surface area contributed by atoms with Gasteiger partial charge in [0.1, 0.15) is 5.76 Å². The molecule has 2 rings (SSSR count). The highest BCUT2D eigenvalue weighted by atomic mass is 16.3. The summed E-state index contributed by atoms with van der Waals surface area (Å²) in [6, 6.07) is 1.56. The number of hydrogen-bond donors (Lipinski definition) is 2. The molecule has 1 aliphatic heterocycles. The summed E-state index contributed by atoms with van der Waals surface area (Å²) in [7, 11) is 1.82. The van der Waals surface area contributed by atoms with Crippen LogP contribution in [-0.4, -0.2) is 48.3 Å². The van der Waals surface area contributed by atoms with E-state index in [1.807, 2.05) is 16.8 Å². The first kappa shape index (κ1) is 14.5. The molecule has 1 aliphatic rings. The Labute approximate surface area is 117 Å². The molecule has 110 valence electrons. The predicted molar refractivity (Wildman–Crippen MR) is 72.5 cm³/mol. The van der Waals surface area contributed by atoms with E-state index in [2.05, 4.69) is 5.43 Å². The van der Waals surface area contributed by atoms with Crippen molar-refractivity contribution in [1.82, 2.24) is 15.2 Å². The van der Waals surface area contributed by atoms with E-state index < -0.39 is 5.91 Å². The van der Waals surface area contributed by atoms with Gasteiger partial charge in [-0.25, -0.2) is 5.84 Å². The fourth-order valence-corrected chi connectivity index (χ4v) is 2.34. The molecule has 1 aromatic heterocycles. The van der Waals surface area contributed by atoms with E-state index in [-0.39, 0.29) is 5.91 Å². The summed E-state index contributed by atoms with van der Waals surface area (Å²) < 4.78 is 5.28. The number of nitrogens with one attached hydrogen (secondary N) is 1. The summed E-state index contributed by atoms with van der Waals surface area (Å²) in [5.74, 6) is 5.33. The van der Waals surface area contributed by atoms with Crippen molar-refractivity contribution in [2.75, 3.05) is 26.7 Å². The molecule has 1 aromatic rings. The predicted octanol–water partition coefficient (Wildman–Crippen LogP) is -0.0627. The lowest BCUT2D eigenvalue weighted by Gasteiger charge is -2.20. The highest BCUT2D eigenvalue weighted by Gasteiger charge is 2.21. The van der Waals surface area contributed by atoms with Gasteiger partial charge < -0.3 is 9.32 Å². The second-order valence-electron chi connectivity index (χ2n) is 4.99. The number of carbonyl (C=O) groups is 2. The summed E-state index contributed by atoms with van der Waals surface area (Å²) in [5.41, 5.74) is 2.47. The molecule has 7 nitrogen and oxygen atoms in total. The van der Waals surface area contributed by atoms with E-state index in [0.717, 1.165) is 25.9 Å². The summed E-state index contributed by atoms with van der Waals surface area (Å²) in [4.78, 5) is 27.2. The third kappa shape index (κ3) is 3.37. The van der Waals surface area contributed by atoms with Crippen LogP contribution in [0.2, 0.25) is 0 Å². The smallest absolute Gasteiger partial charge is 0.268 e. The monoisotopic (exact) mass is 280 g/mol. The SMILES string of the molecule is CN(CC(=O)N1CCCC1)Cc1occc1C(=O)NN. The van der Waals surface area contributed by atoms with Crippen LogP contribution >= 0.6 is 0 Å². The van der Waals surface area contributed by atoms with Gasteiger partial charge >= 0.3 is 0 Å². The van der Waals surface area contributed by atoms with Gasteiger partial charge in [-0.2, -0.15) is 0 Å². The number of carbonyl (C=O) groups excluding carboxylic acids is 2. The van der Waals surface area contributed by atoms with E-state index in [0.29, 0.717) is 24.4 Å². The van der Waals surface area contributed by atoms with Crippen LogP contribution in [-0.2, 0) is 11.3 Å². The molecular weight excluding hydrogens is 260 g/mol. The van der Waals surface area contributed by atoms with Gasteiger partial charge in [-0.3, -0.25) is 19.9 Å². The van der Waals surface area contributed by atoms with E-state index in [9.17, 15) is 9.59 Å². The molecule has 0 bridgehead atoms. The van der Waals surface area contributed by atoms with E-state index in [4.69, 9.17) is 10.3 Å². The zero-order valence-electron chi connectivity index (χ0n) is 11.6. The van der Waals surface area contributed by atoms with Gasteiger partial charge in [-0.1, -0.05) is 0 Å². The highest BCUT2D eigenvalue weighted by Crippen LogP contribution is 2.13. The number of nitrogens with two attached hydrogens (primary N) is 1. The summed E-state index contributed by atoms with van der Waals surface area (Å²) in [5, 5.41) is 0. The standard InChI is InChI=1S/C13H20N4O3/c1-16(9-12(18)17-5-2-3-6-17)8-11-10(4-7-20-11)13(19)15-14/h4,7H,2-3,5-6,8-9,14H2,1H3,(H,15,19). The van der Waals surface area contributed by atoms with Gasteiger partial charge in [0, 0.05) is 13.1 Å². The number of nitrogens with zero attached hydrogens (tertiary/aromatic N) is 2. The minimum atomic E-state index is -0.395. The van der Waals surface area contributed by atoms with Crippen LogP contribution in [0.15, 0.2) is 16.7 Å². The van der Waals surface area contributed by atoms with Crippen LogP contribution in [0.25, 0.3) is 0 Å². The maximum Gasteiger partial charge on any atom is 0.268 e. The van der Waals surface area contributed by atoms with Crippen LogP contribution in [0.5, 0.6) is 0 Å². The Morgan fingerprint density at radius 3 is 2.80 bits per heavy atom. The van der Waals surface area contributed by atoms with Gasteiger partial charge in [-0.15, -0.1) is 0 Å². The Morgan fingerprint density at radius 2 is 2.15 bits per heavy atom. The highest BCUT2D eigenvalue weighted by molar-refractivity contribution is 5.94. The van der Waals surface area contributed by atoms with E-state index in [1.54, 1.807) is 6.07 Å². The molecule has 0 radical (unpaired) electrons. The minimum absolute atomic E-state index is 0.112. The fourth-order valence-electron chi connectivity index (χ4n) is 2.34. The molecule has 0 aliphatic carbocycles. The van der Waals surface area contributed by atoms with Crippen molar-refractivity contribution in [3.63, 3.8) is 0 Å². The Hall–Kier alpha value is -1.86. The number of furan rings is 1. The Balaban J connectivity index is 1.91. The number of nitrogen functional groups attached to an aromatic ring is 1. The van der Waals surface area contributed by atoms with Crippen LogP contribution in [0.1, 0.15) is 29.0 Å².